The molecule has 0 amide bonds. The number of benzene rings is 2. The average molecular weight is 309 g/mol. The molecule has 0 radical (unpaired) electrons. The van der Waals surface area contributed by atoms with Gasteiger partial charge in [-0.25, -0.2) is 0 Å². The molecule has 2 heterocycles. The van der Waals surface area contributed by atoms with Crippen LogP contribution in [0.2, 0.25) is 0 Å². The molecule has 2 aliphatic rings. The van der Waals surface area contributed by atoms with Gasteiger partial charge in [0.1, 0.15) is 5.75 Å². The van der Waals surface area contributed by atoms with E-state index in [4.69, 9.17) is 4.74 Å². The Morgan fingerprint density at radius 2 is 1.87 bits per heavy atom. The van der Waals surface area contributed by atoms with Gasteiger partial charge < -0.3 is 19.6 Å². The number of fused-ring (bicyclic) bond motifs is 3. The van der Waals surface area contributed by atoms with E-state index in [2.05, 4.69) is 26.9 Å². The zero-order valence-corrected chi connectivity index (χ0v) is 13.0. The fourth-order valence-corrected chi connectivity index (χ4v) is 3.21. The third-order valence-corrected chi connectivity index (χ3v) is 4.38. The zero-order valence-electron chi connectivity index (χ0n) is 13.0. The van der Waals surface area contributed by atoms with Gasteiger partial charge in [0.2, 0.25) is 5.96 Å². The molecule has 1 atom stereocenters. The van der Waals surface area contributed by atoms with Crippen molar-refractivity contribution in [1.29, 1.82) is 0 Å². The molecule has 0 saturated carbocycles. The summed E-state index contributed by atoms with van der Waals surface area (Å²) < 4.78 is 5.17. The van der Waals surface area contributed by atoms with Crippen molar-refractivity contribution in [3.05, 3.63) is 54.1 Å². The van der Waals surface area contributed by atoms with Gasteiger partial charge in [0.05, 0.1) is 37.7 Å². The third kappa shape index (κ3) is 2.33. The average Bonchev–Trinajstić information content (AvgIpc) is 3.18. The van der Waals surface area contributed by atoms with Crippen LogP contribution in [0.15, 0.2) is 53.5 Å². The summed E-state index contributed by atoms with van der Waals surface area (Å²) in [5.41, 5.74) is 3.16. The number of β-amino-alcohol motifs (C(OH)–C–C–N with tert-alkyl or cyclic N) is 1. The number of hydrogen-bond donors (Lipinski definition) is 1. The van der Waals surface area contributed by atoms with Crippen LogP contribution in [0.1, 0.15) is 11.7 Å². The first-order chi connectivity index (χ1) is 11.3. The summed E-state index contributed by atoms with van der Waals surface area (Å²) >= 11 is 0. The number of guanidine groups is 1. The molecule has 0 saturated heterocycles. The van der Waals surface area contributed by atoms with Crippen LogP contribution in [0.25, 0.3) is 0 Å². The van der Waals surface area contributed by atoms with Gasteiger partial charge in [0, 0.05) is 6.54 Å². The maximum absolute atomic E-state index is 10.6. The summed E-state index contributed by atoms with van der Waals surface area (Å²) in [6, 6.07) is 15.8. The number of aliphatic hydroxyl groups excluding tert-OH is 1. The van der Waals surface area contributed by atoms with Crippen molar-refractivity contribution >= 4 is 17.3 Å². The highest BCUT2D eigenvalue weighted by atomic mass is 16.5. The summed E-state index contributed by atoms with van der Waals surface area (Å²) in [4.78, 5) is 8.93. The Kier molecular flexibility index (Phi) is 3.42. The minimum Gasteiger partial charge on any atom is -0.497 e. The maximum Gasteiger partial charge on any atom is 0.206 e. The molecule has 5 nitrogen and oxygen atoms in total. The van der Waals surface area contributed by atoms with Crippen molar-refractivity contribution < 1.29 is 9.84 Å². The number of aliphatic imine (C=N–C) groups is 1. The third-order valence-electron chi connectivity index (χ3n) is 4.38. The molecular weight excluding hydrogens is 290 g/mol. The van der Waals surface area contributed by atoms with Crippen molar-refractivity contribution in [3.8, 4) is 5.75 Å². The summed E-state index contributed by atoms with van der Waals surface area (Å²) in [5.74, 6) is 1.73. The first-order valence-electron chi connectivity index (χ1n) is 7.78. The number of anilines is 2. The van der Waals surface area contributed by atoms with E-state index in [1.54, 1.807) is 7.11 Å². The van der Waals surface area contributed by atoms with Crippen molar-refractivity contribution in [2.24, 2.45) is 4.99 Å². The van der Waals surface area contributed by atoms with E-state index in [1.165, 1.54) is 5.69 Å². The van der Waals surface area contributed by atoms with E-state index in [-0.39, 0.29) is 0 Å². The number of para-hydroxylation sites is 2. The number of rotatable bonds is 4. The van der Waals surface area contributed by atoms with Crippen LogP contribution >= 0.6 is 0 Å². The molecule has 1 unspecified atom stereocenters. The molecule has 2 aromatic rings. The van der Waals surface area contributed by atoms with Crippen LogP contribution in [0.4, 0.5) is 11.4 Å². The highest BCUT2D eigenvalue weighted by Gasteiger charge is 2.35. The Balaban J connectivity index is 1.60. The fourth-order valence-electron chi connectivity index (χ4n) is 3.21. The molecular formula is C18H19N3O2. The highest BCUT2D eigenvalue weighted by Crippen LogP contribution is 2.39. The van der Waals surface area contributed by atoms with Crippen molar-refractivity contribution in [2.45, 2.75) is 6.10 Å². The van der Waals surface area contributed by atoms with Gasteiger partial charge in [-0.15, -0.1) is 0 Å². The Morgan fingerprint density at radius 1 is 1.13 bits per heavy atom. The molecule has 2 aromatic carbocycles. The van der Waals surface area contributed by atoms with E-state index in [1.807, 2.05) is 36.4 Å². The first-order valence-corrected chi connectivity index (χ1v) is 7.78. The lowest BCUT2D eigenvalue weighted by molar-refractivity contribution is 0.187. The van der Waals surface area contributed by atoms with Crippen LogP contribution in [0, 0.1) is 0 Å². The quantitative estimate of drug-likeness (QED) is 0.942. The van der Waals surface area contributed by atoms with Crippen molar-refractivity contribution in [2.75, 3.05) is 36.5 Å². The Labute approximate surface area is 135 Å². The first kappa shape index (κ1) is 14.1. The predicted molar refractivity (Wildman–Crippen MR) is 91.4 cm³/mol. The second-order valence-electron chi connectivity index (χ2n) is 5.72. The van der Waals surface area contributed by atoms with Crippen LogP contribution in [0.3, 0.4) is 0 Å². The summed E-state index contributed by atoms with van der Waals surface area (Å²) in [5, 5.41) is 10.6. The molecule has 1 N–H and O–H groups in total. The van der Waals surface area contributed by atoms with E-state index in [0.29, 0.717) is 6.54 Å². The van der Waals surface area contributed by atoms with Gasteiger partial charge >= 0.3 is 0 Å². The molecule has 5 heteroatoms. The number of aliphatic hydroxyl groups is 1. The Bertz CT molecular complexity index is 742. The lowest BCUT2D eigenvalue weighted by Crippen LogP contribution is -2.37. The van der Waals surface area contributed by atoms with E-state index < -0.39 is 6.10 Å². The minimum absolute atomic E-state index is 0.485. The van der Waals surface area contributed by atoms with E-state index >= 15 is 0 Å². The van der Waals surface area contributed by atoms with Gasteiger partial charge in [-0.3, -0.25) is 4.99 Å². The number of ether oxygens (including phenoxy) is 1. The van der Waals surface area contributed by atoms with Crippen molar-refractivity contribution in [1.82, 2.24) is 0 Å². The van der Waals surface area contributed by atoms with E-state index in [0.717, 1.165) is 36.0 Å². The SMILES string of the molecule is COc1ccc(C(O)CN2C3=NCCN3c3ccccc32)cc1. The van der Waals surface area contributed by atoms with Gasteiger partial charge in [-0.1, -0.05) is 24.3 Å². The molecule has 0 bridgehead atoms. The summed E-state index contributed by atoms with van der Waals surface area (Å²) in [7, 11) is 1.64. The van der Waals surface area contributed by atoms with Crippen molar-refractivity contribution in [3.63, 3.8) is 0 Å². The van der Waals surface area contributed by atoms with E-state index in [9.17, 15) is 5.11 Å². The summed E-state index contributed by atoms with van der Waals surface area (Å²) in [6.07, 6.45) is -0.586. The standard InChI is InChI=1S/C18H19N3O2/c1-23-14-8-6-13(7-9-14)17(22)12-21-16-5-3-2-4-15(16)20-11-10-19-18(20)21/h2-9,17,22H,10-12H2,1H3. The number of hydrogen-bond acceptors (Lipinski definition) is 5. The number of nitrogens with zero attached hydrogens (tertiary/aromatic N) is 3. The van der Waals surface area contributed by atoms with Crippen LogP contribution in [-0.4, -0.2) is 37.8 Å². The lowest BCUT2D eigenvalue weighted by Gasteiger charge is -2.23. The molecule has 23 heavy (non-hydrogen) atoms. The normalized spacial score (nSPS) is 16.9. The Morgan fingerprint density at radius 3 is 2.61 bits per heavy atom. The van der Waals surface area contributed by atoms with Gasteiger partial charge in [-0.05, 0) is 29.8 Å². The van der Waals surface area contributed by atoms with Crippen LogP contribution in [-0.2, 0) is 0 Å². The molecule has 0 aliphatic carbocycles. The molecule has 4 rings (SSSR count). The minimum atomic E-state index is -0.586. The van der Waals surface area contributed by atoms with Gasteiger partial charge in [0.25, 0.3) is 0 Å². The molecule has 118 valence electrons. The highest BCUT2D eigenvalue weighted by molar-refractivity contribution is 6.17. The molecule has 2 aliphatic heterocycles. The largest absolute Gasteiger partial charge is 0.497 e. The Hall–Kier alpha value is -2.53. The smallest absolute Gasteiger partial charge is 0.206 e. The molecule has 0 fully saturated rings. The molecule has 0 spiro atoms. The second kappa shape index (κ2) is 5.59. The zero-order chi connectivity index (χ0) is 15.8. The van der Waals surface area contributed by atoms with Gasteiger partial charge in [-0.2, -0.15) is 0 Å². The second-order valence-corrected chi connectivity index (χ2v) is 5.72. The summed E-state index contributed by atoms with van der Waals surface area (Å²) in [6.45, 7) is 2.19. The molecule has 0 aromatic heterocycles. The maximum atomic E-state index is 10.6. The topological polar surface area (TPSA) is 48.3 Å². The number of methoxy groups -OCH3 is 1. The monoisotopic (exact) mass is 309 g/mol. The fraction of sp³-hybridized carbons (Fsp3) is 0.278. The van der Waals surface area contributed by atoms with Crippen LogP contribution < -0.4 is 14.5 Å². The lowest BCUT2D eigenvalue weighted by atomic mass is 10.1. The van der Waals surface area contributed by atoms with Crippen LogP contribution in [0.5, 0.6) is 5.75 Å². The van der Waals surface area contributed by atoms with Gasteiger partial charge in [0.15, 0.2) is 0 Å². The predicted octanol–water partition coefficient (Wildman–Crippen LogP) is 2.42.